The number of aryl methyl sites for hydroxylation is 1. The summed E-state index contributed by atoms with van der Waals surface area (Å²) in [4.78, 5) is 11.6. The van der Waals surface area contributed by atoms with Gasteiger partial charge in [-0.3, -0.25) is 4.79 Å². The molecule has 3 heteroatoms. The average Bonchev–Trinajstić information content (AvgIpc) is 2.25. The zero-order chi connectivity index (χ0) is 12.1. The lowest BCUT2D eigenvalue weighted by Gasteiger charge is -2.11. The molecule has 0 N–H and O–H groups in total. The Hall–Kier alpha value is -0.150. The Balaban J connectivity index is 2.73. The smallest absolute Gasteiger partial charge is 0.146 e. The van der Waals surface area contributed by atoms with E-state index in [1.54, 1.807) is 0 Å². The van der Waals surface area contributed by atoms with Gasteiger partial charge in [-0.1, -0.05) is 57.0 Å². The highest BCUT2D eigenvalue weighted by atomic mass is 79.9. The molecule has 0 fully saturated rings. The molecule has 16 heavy (non-hydrogen) atoms. The van der Waals surface area contributed by atoms with Crippen molar-refractivity contribution < 1.29 is 4.79 Å². The van der Waals surface area contributed by atoms with Crippen LogP contribution >= 0.6 is 31.9 Å². The largest absolute Gasteiger partial charge is 0.298 e. The molecule has 0 bridgehead atoms. The molecule has 1 unspecified atom stereocenters. The SMILES string of the molecule is CCCC(=O)C(Br)Cc1cccc(C)c1Br. The molecule has 1 aromatic rings. The van der Waals surface area contributed by atoms with Crippen molar-refractivity contribution in [1.82, 2.24) is 0 Å². The predicted octanol–water partition coefficient (Wildman–Crippen LogP) is 4.43. The van der Waals surface area contributed by atoms with E-state index in [1.165, 1.54) is 11.1 Å². The highest BCUT2D eigenvalue weighted by Gasteiger charge is 2.15. The summed E-state index contributed by atoms with van der Waals surface area (Å²) in [6.45, 7) is 4.09. The fourth-order valence-corrected chi connectivity index (χ4v) is 2.58. The number of carbonyl (C=O) groups excluding carboxylic acids is 1. The summed E-state index contributed by atoms with van der Waals surface area (Å²) < 4.78 is 1.11. The molecule has 0 saturated heterocycles. The minimum atomic E-state index is -0.0643. The van der Waals surface area contributed by atoms with E-state index in [0.717, 1.165) is 17.3 Å². The van der Waals surface area contributed by atoms with Crippen LogP contribution in [0.1, 0.15) is 30.9 Å². The number of carbonyl (C=O) groups is 1. The summed E-state index contributed by atoms with van der Waals surface area (Å²) in [5, 5.41) is 0. The zero-order valence-corrected chi connectivity index (χ0v) is 12.8. The van der Waals surface area contributed by atoms with E-state index in [2.05, 4.69) is 50.9 Å². The Morgan fingerprint density at radius 3 is 2.75 bits per heavy atom. The summed E-state index contributed by atoms with van der Waals surface area (Å²) in [5.74, 6) is 0.288. The molecule has 0 amide bonds. The van der Waals surface area contributed by atoms with Gasteiger partial charge in [0.15, 0.2) is 0 Å². The predicted molar refractivity (Wildman–Crippen MR) is 75.2 cm³/mol. The molecule has 0 aliphatic rings. The van der Waals surface area contributed by atoms with Crippen LogP contribution in [0.2, 0.25) is 0 Å². The Bertz CT molecular complexity index is 374. The van der Waals surface area contributed by atoms with Crippen molar-refractivity contribution in [1.29, 1.82) is 0 Å². The second kappa shape index (κ2) is 6.55. The second-order valence-electron chi connectivity index (χ2n) is 3.94. The fraction of sp³-hybridized carbons (Fsp3) is 0.462. The number of alkyl halides is 1. The molecule has 0 aliphatic carbocycles. The number of hydrogen-bond donors (Lipinski definition) is 0. The first-order chi connectivity index (χ1) is 7.56. The van der Waals surface area contributed by atoms with Crippen molar-refractivity contribution >= 4 is 37.6 Å². The highest BCUT2D eigenvalue weighted by Crippen LogP contribution is 2.24. The lowest BCUT2D eigenvalue weighted by molar-refractivity contribution is -0.118. The highest BCUT2D eigenvalue weighted by molar-refractivity contribution is 9.10. The molecular formula is C13H16Br2O. The first kappa shape index (κ1) is 13.9. The van der Waals surface area contributed by atoms with Gasteiger partial charge in [0.25, 0.3) is 0 Å². The summed E-state index contributed by atoms with van der Waals surface area (Å²) >= 11 is 7.03. The molecule has 0 saturated carbocycles. The van der Waals surface area contributed by atoms with Gasteiger partial charge in [-0.25, -0.2) is 0 Å². The van der Waals surface area contributed by atoms with E-state index in [1.807, 2.05) is 13.0 Å². The van der Waals surface area contributed by atoms with Crippen molar-refractivity contribution in [3.63, 3.8) is 0 Å². The Morgan fingerprint density at radius 1 is 1.44 bits per heavy atom. The number of halogens is 2. The van der Waals surface area contributed by atoms with Gasteiger partial charge in [0.1, 0.15) is 5.78 Å². The summed E-state index contributed by atoms with van der Waals surface area (Å²) in [6.07, 6.45) is 2.32. The van der Waals surface area contributed by atoms with Crippen molar-refractivity contribution in [3.8, 4) is 0 Å². The first-order valence-corrected chi connectivity index (χ1v) is 7.18. The van der Waals surface area contributed by atoms with Crippen LogP contribution in [-0.2, 0) is 11.2 Å². The lowest BCUT2D eigenvalue weighted by atomic mass is 10.0. The Morgan fingerprint density at radius 2 is 2.12 bits per heavy atom. The van der Waals surface area contributed by atoms with Crippen LogP contribution in [0, 0.1) is 6.92 Å². The molecule has 88 valence electrons. The van der Waals surface area contributed by atoms with E-state index in [9.17, 15) is 4.79 Å². The van der Waals surface area contributed by atoms with Gasteiger partial charge in [-0.2, -0.15) is 0 Å². The van der Waals surface area contributed by atoms with E-state index in [4.69, 9.17) is 0 Å². The topological polar surface area (TPSA) is 17.1 Å². The Labute approximate surface area is 114 Å². The van der Waals surface area contributed by atoms with Gasteiger partial charge in [0.2, 0.25) is 0 Å². The molecule has 0 heterocycles. The molecule has 1 aromatic carbocycles. The molecule has 0 radical (unpaired) electrons. The lowest BCUT2D eigenvalue weighted by Crippen LogP contribution is -2.16. The first-order valence-electron chi connectivity index (χ1n) is 5.47. The monoisotopic (exact) mass is 346 g/mol. The number of benzene rings is 1. The van der Waals surface area contributed by atoms with Crippen molar-refractivity contribution in [2.24, 2.45) is 0 Å². The molecule has 1 rings (SSSR count). The molecule has 0 aliphatic heterocycles. The minimum Gasteiger partial charge on any atom is -0.298 e. The van der Waals surface area contributed by atoms with Crippen molar-refractivity contribution in [2.75, 3.05) is 0 Å². The van der Waals surface area contributed by atoms with Crippen LogP contribution in [-0.4, -0.2) is 10.6 Å². The van der Waals surface area contributed by atoms with Gasteiger partial charge in [0.05, 0.1) is 4.83 Å². The van der Waals surface area contributed by atoms with Gasteiger partial charge in [-0.15, -0.1) is 0 Å². The third-order valence-corrected chi connectivity index (χ3v) is 4.49. The molecule has 1 atom stereocenters. The van der Waals surface area contributed by atoms with E-state index < -0.39 is 0 Å². The third-order valence-electron chi connectivity index (χ3n) is 2.52. The van der Waals surface area contributed by atoms with Crippen LogP contribution in [0.4, 0.5) is 0 Å². The standard InChI is InChI=1S/C13H16Br2O/c1-3-5-12(16)11(14)8-10-7-4-6-9(2)13(10)15/h4,6-7,11H,3,5,8H2,1-2H3. The summed E-state index contributed by atoms with van der Waals surface area (Å²) in [6, 6.07) is 6.15. The van der Waals surface area contributed by atoms with Gasteiger partial charge in [-0.05, 0) is 30.9 Å². The molecule has 1 nitrogen and oxygen atoms in total. The van der Waals surface area contributed by atoms with Crippen molar-refractivity contribution in [3.05, 3.63) is 33.8 Å². The van der Waals surface area contributed by atoms with E-state index >= 15 is 0 Å². The quantitative estimate of drug-likeness (QED) is 0.720. The number of hydrogen-bond acceptors (Lipinski definition) is 1. The third kappa shape index (κ3) is 3.70. The van der Waals surface area contributed by atoms with Crippen LogP contribution in [0.25, 0.3) is 0 Å². The molecule has 0 spiro atoms. The molecular weight excluding hydrogens is 332 g/mol. The maximum Gasteiger partial charge on any atom is 0.146 e. The zero-order valence-electron chi connectivity index (χ0n) is 9.59. The van der Waals surface area contributed by atoms with Crippen molar-refractivity contribution in [2.45, 2.75) is 37.9 Å². The normalized spacial score (nSPS) is 12.5. The van der Waals surface area contributed by atoms with Gasteiger partial charge >= 0.3 is 0 Å². The van der Waals surface area contributed by atoms with Gasteiger partial charge < -0.3 is 0 Å². The van der Waals surface area contributed by atoms with Crippen LogP contribution in [0.5, 0.6) is 0 Å². The Kier molecular flexibility index (Phi) is 5.70. The van der Waals surface area contributed by atoms with Crippen LogP contribution < -0.4 is 0 Å². The summed E-state index contributed by atoms with van der Waals surface area (Å²) in [5.41, 5.74) is 2.39. The second-order valence-corrected chi connectivity index (χ2v) is 5.83. The number of ketones is 1. The number of rotatable bonds is 5. The summed E-state index contributed by atoms with van der Waals surface area (Å²) in [7, 11) is 0. The van der Waals surface area contributed by atoms with Crippen LogP contribution in [0.15, 0.2) is 22.7 Å². The van der Waals surface area contributed by atoms with E-state index in [0.29, 0.717) is 6.42 Å². The van der Waals surface area contributed by atoms with E-state index in [-0.39, 0.29) is 10.6 Å². The van der Waals surface area contributed by atoms with Gasteiger partial charge in [0, 0.05) is 10.9 Å². The fourth-order valence-electron chi connectivity index (χ4n) is 1.58. The van der Waals surface area contributed by atoms with Crippen LogP contribution in [0.3, 0.4) is 0 Å². The minimum absolute atomic E-state index is 0.0643. The number of Topliss-reactive ketones (excluding diaryl/α,β-unsaturated/α-hetero) is 1. The average molecular weight is 348 g/mol. The maximum absolute atomic E-state index is 11.7. The molecule has 0 aromatic heterocycles. The maximum atomic E-state index is 11.7.